The second-order valence-corrected chi connectivity index (χ2v) is 5.96. The molecule has 122 valence electrons. The fraction of sp³-hybridized carbons (Fsp3) is 0.562. The molecule has 1 aromatic heterocycles. The van der Waals surface area contributed by atoms with E-state index in [-0.39, 0.29) is 17.7 Å². The van der Waals surface area contributed by atoms with E-state index in [1.807, 2.05) is 6.92 Å². The van der Waals surface area contributed by atoms with E-state index >= 15 is 0 Å². The molecular formula is C16H23NO5. The molecule has 0 spiro atoms. The van der Waals surface area contributed by atoms with E-state index in [0.29, 0.717) is 6.61 Å². The number of pyridine rings is 1. The monoisotopic (exact) mass is 309 g/mol. The molecule has 0 radical (unpaired) electrons. The first-order chi connectivity index (χ1) is 10.2. The summed E-state index contributed by atoms with van der Waals surface area (Å²) >= 11 is 0. The van der Waals surface area contributed by atoms with Crippen molar-refractivity contribution in [3.63, 3.8) is 0 Å². The van der Waals surface area contributed by atoms with E-state index in [9.17, 15) is 14.4 Å². The topological polar surface area (TPSA) is 74.6 Å². The zero-order chi connectivity index (χ0) is 16.8. The molecule has 0 N–H and O–H groups in total. The molecule has 0 amide bonds. The van der Waals surface area contributed by atoms with Gasteiger partial charge in [-0.05, 0) is 33.3 Å². The van der Waals surface area contributed by atoms with Gasteiger partial charge in [-0.1, -0.05) is 13.3 Å². The van der Waals surface area contributed by atoms with E-state index in [2.05, 4.69) is 0 Å². The van der Waals surface area contributed by atoms with E-state index in [1.165, 1.54) is 18.3 Å². The van der Waals surface area contributed by atoms with Gasteiger partial charge in [0.25, 0.3) is 5.56 Å². The van der Waals surface area contributed by atoms with Gasteiger partial charge in [-0.25, -0.2) is 4.79 Å². The van der Waals surface area contributed by atoms with Crippen LogP contribution in [-0.2, 0) is 20.8 Å². The lowest BCUT2D eigenvalue weighted by atomic mass is 10.2. The Morgan fingerprint density at radius 1 is 1.23 bits per heavy atom. The lowest BCUT2D eigenvalue weighted by molar-refractivity contribution is -0.155. The summed E-state index contributed by atoms with van der Waals surface area (Å²) < 4.78 is 11.4. The molecule has 1 rings (SSSR count). The predicted octanol–water partition coefficient (Wildman–Crippen LogP) is 2.15. The van der Waals surface area contributed by atoms with Crippen LogP contribution in [0.4, 0.5) is 0 Å². The van der Waals surface area contributed by atoms with Gasteiger partial charge in [-0.3, -0.25) is 9.59 Å². The number of ether oxygens (including phenoxy) is 2. The van der Waals surface area contributed by atoms with Crippen molar-refractivity contribution in [3.8, 4) is 0 Å². The van der Waals surface area contributed by atoms with Crippen molar-refractivity contribution in [2.24, 2.45) is 0 Å². The number of carbonyl (C=O) groups is 2. The summed E-state index contributed by atoms with van der Waals surface area (Å²) in [6.45, 7) is 7.32. The van der Waals surface area contributed by atoms with Gasteiger partial charge in [0.2, 0.25) is 0 Å². The number of carbonyl (C=O) groups excluding carboxylic acids is 2. The van der Waals surface area contributed by atoms with Crippen LogP contribution < -0.4 is 5.56 Å². The lowest BCUT2D eigenvalue weighted by Crippen LogP contribution is -2.30. The highest BCUT2D eigenvalue weighted by molar-refractivity contribution is 5.89. The maximum Gasteiger partial charge on any atom is 0.339 e. The standard InChI is InChI=1S/C16H23NO5/c1-5-6-9-21-15(20)12-7-8-13(18)17(10-12)11-14(19)22-16(2,3)4/h7-8,10H,5-6,9,11H2,1-4H3. The zero-order valence-electron chi connectivity index (χ0n) is 13.5. The first-order valence-corrected chi connectivity index (χ1v) is 7.32. The molecule has 0 unspecified atom stereocenters. The van der Waals surface area contributed by atoms with Gasteiger partial charge in [0.15, 0.2) is 0 Å². The highest BCUT2D eigenvalue weighted by Crippen LogP contribution is 2.08. The summed E-state index contributed by atoms with van der Waals surface area (Å²) in [5, 5.41) is 0. The van der Waals surface area contributed by atoms with Crippen molar-refractivity contribution in [2.75, 3.05) is 6.61 Å². The van der Waals surface area contributed by atoms with Crippen molar-refractivity contribution in [1.29, 1.82) is 0 Å². The van der Waals surface area contributed by atoms with Crippen LogP contribution in [0.1, 0.15) is 50.9 Å². The van der Waals surface area contributed by atoms with Gasteiger partial charge < -0.3 is 14.0 Å². The second-order valence-electron chi connectivity index (χ2n) is 5.96. The fourth-order valence-corrected chi connectivity index (χ4v) is 1.68. The average molecular weight is 309 g/mol. The van der Waals surface area contributed by atoms with Crippen molar-refractivity contribution < 1.29 is 19.1 Å². The number of aromatic nitrogens is 1. The Kier molecular flexibility index (Phi) is 6.34. The van der Waals surface area contributed by atoms with Crippen LogP contribution in [0.2, 0.25) is 0 Å². The third-order valence-electron chi connectivity index (χ3n) is 2.67. The van der Waals surface area contributed by atoms with E-state index in [0.717, 1.165) is 17.4 Å². The lowest BCUT2D eigenvalue weighted by Gasteiger charge is -2.19. The first-order valence-electron chi connectivity index (χ1n) is 7.32. The van der Waals surface area contributed by atoms with Crippen LogP contribution in [0.5, 0.6) is 0 Å². The second kappa shape index (κ2) is 7.77. The Bertz CT molecular complexity index is 583. The number of nitrogens with zero attached hydrogens (tertiary/aromatic N) is 1. The molecule has 1 heterocycles. The molecule has 0 aliphatic carbocycles. The third kappa shape index (κ3) is 6.11. The molecule has 0 atom stereocenters. The summed E-state index contributed by atoms with van der Waals surface area (Å²) in [7, 11) is 0. The Hall–Kier alpha value is -2.11. The molecule has 0 bridgehead atoms. The van der Waals surface area contributed by atoms with Crippen molar-refractivity contribution >= 4 is 11.9 Å². The van der Waals surface area contributed by atoms with Crippen LogP contribution in [0, 0.1) is 0 Å². The summed E-state index contributed by atoms with van der Waals surface area (Å²) in [6.07, 6.45) is 3.02. The largest absolute Gasteiger partial charge is 0.462 e. The molecule has 0 aliphatic rings. The molecule has 1 aromatic rings. The molecule has 0 fully saturated rings. The Morgan fingerprint density at radius 2 is 1.91 bits per heavy atom. The molecule has 0 saturated heterocycles. The minimum atomic E-state index is -0.628. The van der Waals surface area contributed by atoms with Gasteiger partial charge in [-0.15, -0.1) is 0 Å². The van der Waals surface area contributed by atoms with Crippen LogP contribution in [0.15, 0.2) is 23.1 Å². The van der Waals surface area contributed by atoms with E-state index < -0.39 is 17.5 Å². The van der Waals surface area contributed by atoms with Crippen LogP contribution in [-0.4, -0.2) is 28.7 Å². The summed E-state index contributed by atoms with van der Waals surface area (Å²) in [5.41, 5.74) is -0.771. The number of hydrogen-bond donors (Lipinski definition) is 0. The maximum atomic E-state index is 11.8. The summed E-state index contributed by atoms with van der Waals surface area (Å²) in [4.78, 5) is 35.4. The molecule has 0 saturated carbocycles. The van der Waals surface area contributed by atoms with Crippen molar-refractivity contribution in [1.82, 2.24) is 4.57 Å². The highest BCUT2D eigenvalue weighted by atomic mass is 16.6. The van der Waals surface area contributed by atoms with Gasteiger partial charge in [-0.2, -0.15) is 0 Å². The summed E-state index contributed by atoms with van der Waals surface area (Å²) in [5.74, 6) is -1.04. The Morgan fingerprint density at radius 3 is 2.50 bits per heavy atom. The Labute approximate surface area is 130 Å². The molecule has 22 heavy (non-hydrogen) atoms. The molecule has 6 nitrogen and oxygen atoms in total. The van der Waals surface area contributed by atoms with Crippen molar-refractivity contribution in [3.05, 3.63) is 34.2 Å². The average Bonchev–Trinajstić information content (AvgIpc) is 2.39. The third-order valence-corrected chi connectivity index (χ3v) is 2.67. The number of esters is 2. The maximum absolute atomic E-state index is 11.8. The quantitative estimate of drug-likeness (QED) is 0.594. The van der Waals surface area contributed by atoms with E-state index in [4.69, 9.17) is 9.47 Å². The number of unbranched alkanes of at least 4 members (excludes halogenated alkanes) is 1. The molecule has 0 aromatic carbocycles. The first kappa shape index (κ1) is 17.9. The summed E-state index contributed by atoms with van der Waals surface area (Å²) in [6, 6.07) is 2.63. The number of hydrogen-bond acceptors (Lipinski definition) is 5. The fourth-order valence-electron chi connectivity index (χ4n) is 1.68. The van der Waals surface area contributed by atoms with Gasteiger partial charge in [0, 0.05) is 12.3 Å². The van der Waals surface area contributed by atoms with Gasteiger partial charge in [0.1, 0.15) is 12.1 Å². The normalized spacial score (nSPS) is 11.1. The zero-order valence-corrected chi connectivity index (χ0v) is 13.5. The van der Waals surface area contributed by atoms with Crippen molar-refractivity contribution in [2.45, 2.75) is 52.7 Å². The highest BCUT2D eigenvalue weighted by Gasteiger charge is 2.17. The molecular weight excluding hydrogens is 286 g/mol. The molecule has 6 heteroatoms. The molecule has 0 aliphatic heterocycles. The van der Waals surface area contributed by atoms with Gasteiger partial charge in [0.05, 0.1) is 12.2 Å². The van der Waals surface area contributed by atoms with Crippen LogP contribution >= 0.6 is 0 Å². The predicted molar refractivity (Wildman–Crippen MR) is 81.7 cm³/mol. The smallest absolute Gasteiger partial charge is 0.339 e. The van der Waals surface area contributed by atoms with Crippen LogP contribution in [0.3, 0.4) is 0 Å². The Balaban J connectivity index is 2.80. The van der Waals surface area contributed by atoms with E-state index in [1.54, 1.807) is 20.8 Å². The SMILES string of the molecule is CCCCOC(=O)c1ccc(=O)n(CC(=O)OC(C)(C)C)c1. The van der Waals surface area contributed by atoms with Gasteiger partial charge >= 0.3 is 11.9 Å². The minimum Gasteiger partial charge on any atom is -0.462 e. The van der Waals surface area contributed by atoms with Crippen LogP contribution in [0.25, 0.3) is 0 Å². The minimum absolute atomic E-state index is 0.235. The number of rotatable bonds is 6.